The van der Waals surface area contributed by atoms with Gasteiger partial charge in [-0.25, -0.2) is 9.89 Å². The lowest BCUT2D eigenvalue weighted by Gasteiger charge is -2.17. The van der Waals surface area contributed by atoms with Gasteiger partial charge in [0.15, 0.2) is 0 Å². The van der Waals surface area contributed by atoms with Crippen molar-refractivity contribution in [1.29, 1.82) is 0 Å². The molecule has 0 bridgehead atoms. The number of H-pyrrole nitrogens is 1. The van der Waals surface area contributed by atoms with Crippen LogP contribution in [0.5, 0.6) is 0 Å². The molecule has 2 amide bonds. The van der Waals surface area contributed by atoms with Gasteiger partial charge in [-0.1, -0.05) is 23.7 Å². The van der Waals surface area contributed by atoms with Crippen molar-refractivity contribution in [3.63, 3.8) is 0 Å². The minimum absolute atomic E-state index is 0.339. The zero-order valence-electron chi connectivity index (χ0n) is 20.5. The second-order valence-corrected chi connectivity index (χ2v) is 9.60. The molecule has 14 heteroatoms. The molecule has 0 aliphatic rings. The largest absolute Gasteiger partial charge is 0.465 e. The van der Waals surface area contributed by atoms with Crippen molar-refractivity contribution in [3.8, 4) is 16.8 Å². The van der Waals surface area contributed by atoms with E-state index in [-0.39, 0.29) is 5.91 Å². The zero-order chi connectivity index (χ0) is 27.8. The predicted octanol–water partition coefficient (Wildman–Crippen LogP) is 3.78. The van der Waals surface area contributed by atoms with Crippen LogP contribution in [0.4, 0.5) is 10.5 Å². The number of nitrogens with one attached hydrogen (secondary N) is 3. The van der Waals surface area contributed by atoms with Crippen molar-refractivity contribution < 1.29 is 14.7 Å². The Balaban J connectivity index is 1.57. The quantitative estimate of drug-likeness (QED) is 0.209. The van der Waals surface area contributed by atoms with Gasteiger partial charge in [0, 0.05) is 22.3 Å². The van der Waals surface area contributed by atoms with Crippen LogP contribution in [-0.4, -0.2) is 59.5 Å². The highest BCUT2D eigenvalue weighted by atomic mass is 35.5. The molecular weight excluding hydrogens is 544 g/mol. The van der Waals surface area contributed by atoms with E-state index in [1.54, 1.807) is 66.4 Å². The van der Waals surface area contributed by atoms with Gasteiger partial charge >= 0.3 is 6.09 Å². The first-order chi connectivity index (χ1) is 18.8. The number of hydrogen-bond donors (Lipinski definition) is 4. The van der Waals surface area contributed by atoms with Crippen LogP contribution in [0.25, 0.3) is 22.9 Å². The Morgan fingerprint density at radius 1 is 1.21 bits per heavy atom. The fraction of sp³-hybridized carbons (Fsp3) is 0.160. The van der Waals surface area contributed by atoms with Crippen molar-refractivity contribution in [2.24, 2.45) is 0 Å². The van der Waals surface area contributed by atoms with E-state index in [2.05, 4.69) is 36.4 Å². The van der Waals surface area contributed by atoms with Crippen molar-refractivity contribution in [1.82, 2.24) is 35.7 Å². The first kappa shape index (κ1) is 27.5. The van der Waals surface area contributed by atoms with Crippen LogP contribution in [-0.2, 0) is 4.79 Å². The maximum absolute atomic E-state index is 13.0. The summed E-state index contributed by atoms with van der Waals surface area (Å²) in [6, 6.07) is 12.6. The predicted molar refractivity (Wildman–Crippen MR) is 149 cm³/mol. The summed E-state index contributed by atoms with van der Waals surface area (Å²) >= 11 is 7.77. The topological polar surface area (TPSA) is 168 Å². The second-order valence-electron chi connectivity index (χ2n) is 8.18. The van der Waals surface area contributed by atoms with Gasteiger partial charge in [0.25, 0.3) is 5.56 Å². The van der Waals surface area contributed by atoms with Crippen LogP contribution in [0.3, 0.4) is 0 Å². The van der Waals surface area contributed by atoms with Crippen LogP contribution in [0, 0.1) is 0 Å². The van der Waals surface area contributed by atoms with Gasteiger partial charge in [-0.15, -0.1) is 5.10 Å². The van der Waals surface area contributed by atoms with Gasteiger partial charge < -0.3 is 10.4 Å². The Labute approximate surface area is 231 Å². The molecule has 0 saturated heterocycles. The third kappa shape index (κ3) is 7.30. The monoisotopic (exact) mass is 566 g/mol. The highest BCUT2D eigenvalue weighted by molar-refractivity contribution is 7.98. The van der Waals surface area contributed by atoms with Crippen LogP contribution >= 0.6 is 23.4 Å². The van der Waals surface area contributed by atoms with Crippen molar-refractivity contribution >= 4 is 47.1 Å². The number of aromatic amines is 1. The molecule has 2 aromatic heterocycles. The molecule has 4 N–H and O–H groups in total. The average molecular weight is 567 g/mol. The number of thioether (sulfide) groups is 1. The highest BCUT2D eigenvalue weighted by Crippen LogP contribution is 2.23. The van der Waals surface area contributed by atoms with Gasteiger partial charge in [0.2, 0.25) is 5.91 Å². The Morgan fingerprint density at radius 2 is 2.00 bits per heavy atom. The molecule has 2 heterocycles. The number of carboxylic acid groups (broad SMARTS) is 1. The first-order valence-electron chi connectivity index (χ1n) is 11.5. The van der Waals surface area contributed by atoms with E-state index in [1.807, 2.05) is 6.26 Å². The first-order valence-corrected chi connectivity index (χ1v) is 13.3. The Bertz CT molecular complexity index is 1540. The molecule has 2 aromatic carbocycles. The molecule has 4 rings (SSSR count). The lowest BCUT2D eigenvalue weighted by atomic mass is 10.0. The molecule has 0 saturated carbocycles. The fourth-order valence-electron chi connectivity index (χ4n) is 3.72. The fourth-order valence-corrected chi connectivity index (χ4v) is 4.38. The van der Waals surface area contributed by atoms with Gasteiger partial charge in [-0.3, -0.25) is 14.9 Å². The Morgan fingerprint density at radius 3 is 2.69 bits per heavy atom. The average Bonchev–Trinajstić information content (AvgIpc) is 3.45. The molecule has 200 valence electrons. The summed E-state index contributed by atoms with van der Waals surface area (Å²) in [4.78, 5) is 36.4. The van der Waals surface area contributed by atoms with E-state index in [9.17, 15) is 14.4 Å². The van der Waals surface area contributed by atoms with Crippen molar-refractivity contribution in [2.75, 3.05) is 17.3 Å². The highest BCUT2D eigenvalue weighted by Gasteiger charge is 2.18. The van der Waals surface area contributed by atoms with Crippen molar-refractivity contribution in [2.45, 2.75) is 12.5 Å². The summed E-state index contributed by atoms with van der Waals surface area (Å²) in [6.07, 6.45) is 5.77. The smallest absolute Gasteiger partial charge is 0.409 e. The molecule has 0 fully saturated rings. The normalized spacial score (nSPS) is 11.8. The molecule has 0 aliphatic carbocycles. The second kappa shape index (κ2) is 12.8. The summed E-state index contributed by atoms with van der Waals surface area (Å²) in [5.74, 6) is 0.361. The number of halogens is 1. The minimum Gasteiger partial charge on any atom is -0.465 e. The minimum atomic E-state index is -1.18. The van der Waals surface area contributed by atoms with Gasteiger partial charge in [-0.2, -0.15) is 21.5 Å². The van der Waals surface area contributed by atoms with E-state index < -0.39 is 17.7 Å². The molecule has 0 aliphatic heterocycles. The molecule has 1 atom stereocenters. The number of rotatable bonds is 10. The summed E-state index contributed by atoms with van der Waals surface area (Å²) < 4.78 is 1.46. The molecular formula is C25H23ClN8O4S. The lowest BCUT2D eigenvalue weighted by Crippen LogP contribution is -2.29. The molecule has 39 heavy (non-hydrogen) atoms. The van der Waals surface area contributed by atoms with Crippen LogP contribution in [0.2, 0.25) is 5.02 Å². The number of tetrazole rings is 1. The van der Waals surface area contributed by atoms with Gasteiger partial charge in [0.05, 0.1) is 23.0 Å². The molecule has 0 radical (unpaired) electrons. The zero-order valence-corrected chi connectivity index (χ0v) is 22.1. The maximum Gasteiger partial charge on any atom is 0.409 e. The SMILES string of the molecule is CSCCC(NC(=O)C=Cc1cc(Cl)ccc1-n1cnnn1)c1cc(-c2ccc(NC(=O)O)cc2)c(=O)[nH]n1. The third-order valence-electron chi connectivity index (χ3n) is 5.55. The number of anilines is 1. The van der Waals surface area contributed by atoms with E-state index in [0.717, 1.165) is 5.75 Å². The molecule has 12 nitrogen and oxygen atoms in total. The summed E-state index contributed by atoms with van der Waals surface area (Å²) in [7, 11) is 0. The maximum atomic E-state index is 13.0. The standard InChI is InChI=1S/C25H23ClN8O4S/c1-39-11-10-20(21-13-19(24(36)31-30-21)15-2-6-18(7-3-15)28-25(37)38)29-23(35)9-4-16-12-17(26)5-8-22(16)34-14-27-32-33-34/h2-9,12-14,20,28H,10-11H2,1H3,(H,29,35)(H,31,36)(H,37,38). The molecule has 4 aromatic rings. The number of carbonyl (C=O) groups excluding carboxylic acids is 1. The van der Waals surface area contributed by atoms with Gasteiger partial charge in [-0.05, 0) is 76.9 Å². The van der Waals surface area contributed by atoms with E-state index in [1.165, 1.54) is 17.1 Å². The third-order valence-corrected chi connectivity index (χ3v) is 6.43. The van der Waals surface area contributed by atoms with E-state index in [4.69, 9.17) is 16.7 Å². The summed E-state index contributed by atoms with van der Waals surface area (Å²) in [6.45, 7) is 0. The molecule has 0 spiro atoms. The lowest BCUT2D eigenvalue weighted by molar-refractivity contribution is -0.117. The van der Waals surface area contributed by atoms with E-state index >= 15 is 0 Å². The number of aromatic nitrogens is 6. The van der Waals surface area contributed by atoms with Crippen LogP contribution in [0.1, 0.15) is 23.7 Å². The number of nitrogens with zero attached hydrogens (tertiary/aromatic N) is 5. The number of amides is 2. The number of benzene rings is 2. The Hall–Kier alpha value is -4.49. The van der Waals surface area contributed by atoms with Gasteiger partial charge in [0.1, 0.15) is 6.33 Å². The Kier molecular flexibility index (Phi) is 9.07. The number of carbonyl (C=O) groups is 2. The summed E-state index contributed by atoms with van der Waals surface area (Å²) in [5, 5.41) is 32.5. The van der Waals surface area contributed by atoms with E-state index in [0.29, 0.717) is 45.2 Å². The number of hydrogen-bond acceptors (Lipinski definition) is 8. The van der Waals surface area contributed by atoms with Crippen LogP contribution in [0.15, 0.2) is 65.7 Å². The molecule has 1 unspecified atom stereocenters. The summed E-state index contributed by atoms with van der Waals surface area (Å²) in [5.41, 5.74) is 2.62. The van der Waals surface area contributed by atoms with Crippen molar-refractivity contribution in [3.05, 3.63) is 87.6 Å². The van der Waals surface area contributed by atoms with Crippen LogP contribution < -0.4 is 16.2 Å².